The predicted molar refractivity (Wildman–Crippen MR) is 106 cm³/mol. The standard InChI is InChI=1S/C19H26ClN3O4/c1-12(22-23-19(25)13-7-5-4-6-8-13)9-18(24)21-15-11-16(26-2)14(20)10-17(15)27-3/h10-11,13H,4-9H2,1-3H3,(H,21,24)(H,23,25)/b22-12-. The molecule has 1 aliphatic carbocycles. The molecule has 2 amide bonds. The van der Waals surface area contributed by atoms with Gasteiger partial charge in [0.2, 0.25) is 11.8 Å². The smallest absolute Gasteiger partial charge is 0.243 e. The maximum Gasteiger partial charge on any atom is 0.243 e. The maximum absolute atomic E-state index is 12.3. The van der Waals surface area contributed by atoms with Gasteiger partial charge in [-0.25, -0.2) is 5.43 Å². The van der Waals surface area contributed by atoms with E-state index in [0.29, 0.717) is 27.9 Å². The van der Waals surface area contributed by atoms with Crippen LogP contribution in [0.15, 0.2) is 17.2 Å². The lowest BCUT2D eigenvalue weighted by atomic mass is 9.89. The molecule has 27 heavy (non-hydrogen) atoms. The number of nitrogens with one attached hydrogen (secondary N) is 2. The van der Waals surface area contributed by atoms with Crippen LogP contribution in [0.5, 0.6) is 11.5 Å². The van der Waals surface area contributed by atoms with Crippen LogP contribution in [0.3, 0.4) is 0 Å². The van der Waals surface area contributed by atoms with Crippen LogP contribution < -0.4 is 20.2 Å². The van der Waals surface area contributed by atoms with Crippen molar-refractivity contribution in [3.05, 3.63) is 17.2 Å². The number of ether oxygens (including phenoxy) is 2. The summed E-state index contributed by atoms with van der Waals surface area (Å²) in [6.45, 7) is 1.69. The van der Waals surface area contributed by atoms with Crippen molar-refractivity contribution < 1.29 is 19.1 Å². The summed E-state index contributed by atoms with van der Waals surface area (Å²) in [5, 5.41) is 7.18. The fourth-order valence-corrected chi connectivity index (χ4v) is 3.26. The lowest BCUT2D eigenvalue weighted by Crippen LogP contribution is -2.29. The summed E-state index contributed by atoms with van der Waals surface area (Å²) in [5.41, 5.74) is 3.53. The molecule has 1 saturated carbocycles. The van der Waals surface area contributed by atoms with Gasteiger partial charge in [-0.3, -0.25) is 9.59 Å². The average molecular weight is 396 g/mol. The van der Waals surface area contributed by atoms with Crippen molar-refractivity contribution in [1.82, 2.24) is 5.43 Å². The third-order valence-electron chi connectivity index (χ3n) is 4.50. The van der Waals surface area contributed by atoms with E-state index in [0.717, 1.165) is 25.7 Å². The largest absolute Gasteiger partial charge is 0.495 e. The van der Waals surface area contributed by atoms with Gasteiger partial charge in [-0.1, -0.05) is 30.9 Å². The second-order valence-electron chi connectivity index (χ2n) is 6.57. The van der Waals surface area contributed by atoms with Crippen LogP contribution in [0.1, 0.15) is 45.4 Å². The van der Waals surface area contributed by atoms with Crippen LogP contribution in [-0.4, -0.2) is 31.7 Å². The fourth-order valence-electron chi connectivity index (χ4n) is 3.03. The molecule has 0 aliphatic heterocycles. The second kappa shape index (κ2) is 10.2. The Bertz CT molecular complexity index is 715. The Morgan fingerprint density at radius 3 is 2.44 bits per heavy atom. The van der Waals surface area contributed by atoms with Crippen LogP contribution in [0, 0.1) is 5.92 Å². The number of hydrazone groups is 1. The molecule has 0 spiro atoms. The molecule has 1 fully saturated rings. The Labute approximate surface area is 164 Å². The Morgan fingerprint density at radius 2 is 1.81 bits per heavy atom. The number of amides is 2. The number of nitrogens with zero attached hydrogens (tertiary/aromatic N) is 1. The highest BCUT2D eigenvalue weighted by Crippen LogP contribution is 2.35. The van der Waals surface area contributed by atoms with Gasteiger partial charge in [-0.2, -0.15) is 5.10 Å². The quantitative estimate of drug-likeness (QED) is 0.543. The van der Waals surface area contributed by atoms with E-state index in [-0.39, 0.29) is 24.2 Å². The van der Waals surface area contributed by atoms with E-state index in [1.54, 1.807) is 19.1 Å². The molecule has 1 aromatic carbocycles. The molecule has 0 unspecified atom stereocenters. The SMILES string of the molecule is COc1cc(NC(=O)C/C(C)=N\NC(=O)C2CCCCC2)c(OC)cc1Cl. The van der Waals surface area contributed by atoms with E-state index in [1.807, 2.05) is 0 Å². The van der Waals surface area contributed by atoms with E-state index in [9.17, 15) is 9.59 Å². The zero-order chi connectivity index (χ0) is 19.8. The second-order valence-corrected chi connectivity index (χ2v) is 6.98. The number of halogens is 1. The Balaban J connectivity index is 1.93. The third kappa shape index (κ3) is 6.13. The minimum absolute atomic E-state index is 0.0231. The van der Waals surface area contributed by atoms with Crippen LogP contribution in [-0.2, 0) is 9.59 Å². The highest BCUT2D eigenvalue weighted by molar-refractivity contribution is 6.32. The number of carbonyl (C=O) groups is 2. The number of methoxy groups -OCH3 is 2. The molecule has 0 atom stereocenters. The Kier molecular flexibility index (Phi) is 7.91. The van der Waals surface area contributed by atoms with Crippen molar-refractivity contribution in [3.63, 3.8) is 0 Å². The molecule has 2 rings (SSSR count). The number of rotatable bonds is 7. The summed E-state index contributed by atoms with van der Waals surface area (Å²) in [4.78, 5) is 24.4. The Hall–Kier alpha value is -2.28. The molecule has 0 bridgehead atoms. The van der Waals surface area contributed by atoms with Crippen molar-refractivity contribution in [2.45, 2.75) is 45.4 Å². The average Bonchev–Trinajstić information content (AvgIpc) is 2.67. The summed E-state index contributed by atoms with van der Waals surface area (Å²) >= 11 is 6.06. The summed E-state index contributed by atoms with van der Waals surface area (Å²) in [6.07, 6.45) is 5.19. The zero-order valence-electron chi connectivity index (χ0n) is 15.9. The number of hydrogen-bond donors (Lipinski definition) is 2. The van der Waals surface area contributed by atoms with Crippen molar-refractivity contribution in [2.75, 3.05) is 19.5 Å². The third-order valence-corrected chi connectivity index (χ3v) is 4.79. The molecule has 7 nitrogen and oxygen atoms in total. The summed E-state index contributed by atoms with van der Waals surface area (Å²) in [6, 6.07) is 3.16. The first-order chi connectivity index (χ1) is 12.9. The highest BCUT2D eigenvalue weighted by Gasteiger charge is 2.20. The number of carbonyl (C=O) groups excluding carboxylic acids is 2. The highest BCUT2D eigenvalue weighted by atomic mass is 35.5. The zero-order valence-corrected chi connectivity index (χ0v) is 16.7. The molecular weight excluding hydrogens is 370 g/mol. The van der Waals surface area contributed by atoms with Crippen molar-refractivity contribution in [2.24, 2.45) is 11.0 Å². The van der Waals surface area contributed by atoms with E-state index in [2.05, 4.69) is 15.8 Å². The lowest BCUT2D eigenvalue weighted by molar-refractivity contribution is -0.126. The van der Waals surface area contributed by atoms with Crippen LogP contribution in [0.2, 0.25) is 5.02 Å². The lowest BCUT2D eigenvalue weighted by Gasteiger charge is -2.19. The maximum atomic E-state index is 12.3. The molecule has 2 N–H and O–H groups in total. The minimum Gasteiger partial charge on any atom is -0.495 e. The summed E-state index contributed by atoms with van der Waals surface area (Å²) in [7, 11) is 2.98. The number of anilines is 1. The molecule has 1 aliphatic rings. The van der Waals surface area contributed by atoms with E-state index >= 15 is 0 Å². The molecule has 0 radical (unpaired) electrons. The molecule has 148 valence electrons. The monoisotopic (exact) mass is 395 g/mol. The van der Waals surface area contributed by atoms with E-state index < -0.39 is 0 Å². The molecule has 0 saturated heterocycles. The van der Waals surface area contributed by atoms with Gasteiger partial charge in [0.1, 0.15) is 11.5 Å². The molecule has 0 aromatic heterocycles. The number of benzene rings is 1. The van der Waals surface area contributed by atoms with Gasteiger partial charge < -0.3 is 14.8 Å². The van der Waals surface area contributed by atoms with Gasteiger partial charge in [0.05, 0.1) is 31.4 Å². The van der Waals surface area contributed by atoms with Gasteiger partial charge in [0.15, 0.2) is 0 Å². The fraction of sp³-hybridized carbons (Fsp3) is 0.526. The summed E-state index contributed by atoms with van der Waals surface area (Å²) in [5.74, 6) is 0.520. The van der Waals surface area contributed by atoms with E-state index in [4.69, 9.17) is 21.1 Å². The predicted octanol–water partition coefficient (Wildman–Crippen LogP) is 3.76. The topological polar surface area (TPSA) is 89.0 Å². The van der Waals surface area contributed by atoms with Crippen LogP contribution in [0.4, 0.5) is 5.69 Å². The first-order valence-electron chi connectivity index (χ1n) is 8.99. The first kappa shape index (κ1) is 21.0. The first-order valence-corrected chi connectivity index (χ1v) is 9.36. The van der Waals surface area contributed by atoms with Gasteiger partial charge >= 0.3 is 0 Å². The van der Waals surface area contributed by atoms with E-state index in [1.165, 1.54) is 20.6 Å². The molecule has 1 aromatic rings. The Morgan fingerprint density at radius 1 is 1.15 bits per heavy atom. The van der Waals surface area contributed by atoms with Gasteiger partial charge in [0, 0.05) is 23.8 Å². The normalized spacial score (nSPS) is 15.2. The summed E-state index contributed by atoms with van der Waals surface area (Å²) < 4.78 is 10.4. The van der Waals surface area contributed by atoms with Crippen molar-refractivity contribution in [3.8, 4) is 11.5 Å². The number of hydrogen-bond acceptors (Lipinski definition) is 5. The van der Waals surface area contributed by atoms with Gasteiger partial charge in [-0.15, -0.1) is 0 Å². The molecular formula is C19H26ClN3O4. The van der Waals surface area contributed by atoms with Crippen molar-refractivity contribution >= 4 is 34.8 Å². The van der Waals surface area contributed by atoms with Crippen LogP contribution in [0.25, 0.3) is 0 Å². The van der Waals surface area contributed by atoms with Crippen molar-refractivity contribution in [1.29, 1.82) is 0 Å². The minimum atomic E-state index is -0.286. The van der Waals surface area contributed by atoms with Gasteiger partial charge in [-0.05, 0) is 19.8 Å². The van der Waals surface area contributed by atoms with Crippen LogP contribution >= 0.6 is 11.6 Å². The molecule has 0 heterocycles. The van der Waals surface area contributed by atoms with Gasteiger partial charge in [0.25, 0.3) is 0 Å². The molecule has 8 heteroatoms.